The zero-order valence-corrected chi connectivity index (χ0v) is 19.3. The molecular weight excluding hydrogens is 446 g/mol. The van der Waals surface area contributed by atoms with Gasteiger partial charge < -0.3 is 25.0 Å². The number of methoxy groups -OCH3 is 1. The van der Waals surface area contributed by atoms with Crippen molar-refractivity contribution >= 4 is 35.2 Å². The molecule has 2 N–H and O–H groups in total. The van der Waals surface area contributed by atoms with Crippen LogP contribution in [0, 0.1) is 5.92 Å². The molecule has 10 heteroatoms. The molecular formula is C23H28ClN5O4. The van der Waals surface area contributed by atoms with Crippen molar-refractivity contribution in [3.05, 3.63) is 35.6 Å². The van der Waals surface area contributed by atoms with Gasteiger partial charge in [0.2, 0.25) is 0 Å². The number of esters is 1. The van der Waals surface area contributed by atoms with Crippen molar-refractivity contribution in [2.45, 2.75) is 31.7 Å². The molecule has 2 aromatic heterocycles. The third kappa shape index (κ3) is 5.65. The first-order valence-corrected chi connectivity index (χ1v) is 11.5. The Bertz CT molecular complexity index is 1000. The summed E-state index contributed by atoms with van der Waals surface area (Å²) in [6.07, 6.45) is 4.22. The van der Waals surface area contributed by atoms with Crippen LogP contribution in [0.25, 0.3) is 11.3 Å². The minimum Gasteiger partial charge on any atom is -0.469 e. The summed E-state index contributed by atoms with van der Waals surface area (Å²) in [6, 6.07) is 7.89. The molecule has 2 aliphatic rings. The number of amides is 1. The largest absolute Gasteiger partial charge is 0.469 e. The SMILES string of the molecule is COC(=O)[C@H]1CC[C@H](Nc2cc(Cl)nc(-c3ccnc(N4CCN(C(=O)O)CC4)c3)c2)CC1. The highest BCUT2D eigenvalue weighted by Gasteiger charge is 2.27. The van der Waals surface area contributed by atoms with Crippen LogP contribution in [-0.2, 0) is 9.53 Å². The Labute approximate surface area is 197 Å². The van der Waals surface area contributed by atoms with Gasteiger partial charge in [-0.05, 0) is 49.9 Å². The van der Waals surface area contributed by atoms with Gasteiger partial charge in [0.25, 0.3) is 0 Å². The first kappa shape index (κ1) is 23.1. The summed E-state index contributed by atoms with van der Waals surface area (Å²) < 4.78 is 4.87. The topological polar surface area (TPSA) is 108 Å². The molecule has 0 unspecified atom stereocenters. The number of carboxylic acid groups (broad SMARTS) is 1. The van der Waals surface area contributed by atoms with Gasteiger partial charge in [0.15, 0.2) is 0 Å². The quantitative estimate of drug-likeness (QED) is 0.499. The molecule has 2 aromatic rings. The minimum atomic E-state index is -0.890. The first-order valence-electron chi connectivity index (χ1n) is 11.1. The van der Waals surface area contributed by atoms with Crippen molar-refractivity contribution in [1.82, 2.24) is 14.9 Å². The highest BCUT2D eigenvalue weighted by molar-refractivity contribution is 6.29. The van der Waals surface area contributed by atoms with Crippen molar-refractivity contribution in [2.75, 3.05) is 43.5 Å². The highest BCUT2D eigenvalue weighted by Crippen LogP contribution is 2.30. The number of rotatable bonds is 5. The lowest BCUT2D eigenvalue weighted by atomic mass is 9.86. The van der Waals surface area contributed by atoms with Crippen molar-refractivity contribution in [2.24, 2.45) is 5.92 Å². The summed E-state index contributed by atoms with van der Waals surface area (Å²) in [5, 5.41) is 13.1. The number of nitrogens with one attached hydrogen (secondary N) is 1. The van der Waals surface area contributed by atoms with Gasteiger partial charge in [-0.15, -0.1) is 0 Å². The molecule has 0 radical (unpaired) electrons. The number of carbonyl (C=O) groups is 2. The maximum Gasteiger partial charge on any atom is 0.407 e. The fraction of sp³-hybridized carbons (Fsp3) is 0.478. The number of nitrogens with zero attached hydrogens (tertiary/aromatic N) is 4. The summed E-state index contributed by atoms with van der Waals surface area (Å²) in [5.74, 6) is 0.646. The Kier molecular flexibility index (Phi) is 7.17. The lowest BCUT2D eigenvalue weighted by molar-refractivity contribution is -0.146. The van der Waals surface area contributed by atoms with Crippen LogP contribution in [0.5, 0.6) is 0 Å². The van der Waals surface area contributed by atoms with Crippen molar-refractivity contribution in [3.63, 3.8) is 0 Å². The first-order chi connectivity index (χ1) is 15.9. The molecule has 1 saturated heterocycles. The maximum atomic E-state index is 11.8. The lowest BCUT2D eigenvalue weighted by Gasteiger charge is -2.33. The van der Waals surface area contributed by atoms with Gasteiger partial charge in [0, 0.05) is 49.7 Å². The van der Waals surface area contributed by atoms with Gasteiger partial charge in [-0.1, -0.05) is 11.6 Å². The van der Waals surface area contributed by atoms with Crippen LogP contribution in [0.1, 0.15) is 25.7 Å². The molecule has 33 heavy (non-hydrogen) atoms. The summed E-state index contributed by atoms with van der Waals surface area (Å²) >= 11 is 6.34. The Balaban J connectivity index is 1.44. The van der Waals surface area contributed by atoms with E-state index in [2.05, 4.69) is 20.2 Å². The molecule has 1 aliphatic carbocycles. The molecule has 0 bridgehead atoms. The molecule has 0 spiro atoms. The Hall–Kier alpha value is -3.07. The maximum absolute atomic E-state index is 11.8. The number of pyridine rings is 2. The summed E-state index contributed by atoms with van der Waals surface area (Å²) in [4.78, 5) is 35.4. The average molecular weight is 474 g/mol. The van der Waals surface area contributed by atoms with Crippen LogP contribution in [0.4, 0.5) is 16.3 Å². The normalized spacial score (nSPS) is 20.9. The van der Waals surface area contributed by atoms with Gasteiger partial charge in [-0.3, -0.25) is 4.79 Å². The standard InChI is InChI=1S/C23H28ClN5O4/c1-33-22(30)15-2-4-17(5-3-15)26-18-13-19(27-20(24)14-18)16-6-7-25-21(12-16)28-8-10-29(11-9-28)23(31)32/h6-7,12-15,17H,2-5,8-11H2,1H3,(H,26,27)(H,31,32)/t15-,17-. The van der Waals surface area contributed by atoms with Gasteiger partial charge in [0.05, 0.1) is 18.7 Å². The van der Waals surface area contributed by atoms with Gasteiger partial charge in [-0.2, -0.15) is 0 Å². The second kappa shape index (κ2) is 10.2. The van der Waals surface area contributed by atoms with E-state index in [-0.39, 0.29) is 17.9 Å². The number of ether oxygens (including phenoxy) is 1. The molecule has 4 rings (SSSR count). The van der Waals surface area contributed by atoms with Crippen LogP contribution in [0.15, 0.2) is 30.5 Å². The Morgan fingerprint density at radius 1 is 1.12 bits per heavy atom. The van der Waals surface area contributed by atoms with Crippen LogP contribution in [0.2, 0.25) is 5.15 Å². The third-order valence-corrected chi connectivity index (χ3v) is 6.54. The third-order valence-electron chi connectivity index (χ3n) is 6.34. The Morgan fingerprint density at radius 3 is 2.52 bits per heavy atom. The molecule has 1 saturated carbocycles. The molecule has 2 fully saturated rings. The van der Waals surface area contributed by atoms with E-state index in [0.29, 0.717) is 31.3 Å². The number of anilines is 2. The molecule has 1 aliphatic heterocycles. The lowest BCUT2D eigenvalue weighted by Crippen LogP contribution is -2.48. The molecule has 176 valence electrons. The van der Waals surface area contributed by atoms with Crippen molar-refractivity contribution in [1.29, 1.82) is 0 Å². The number of halogens is 1. The number of carbonyl (C=O) groups excluding carboxylic acids is 1. The fourth-order valence-corrected chi connectivity index (χ4v) is 4.69. The van der Waals surface area contributed by atoms with E-state index in [1.807, 2.05) is 24.3 Å². The van der Waals surface area contributed by atoms with E-state index in [1.54, 1.807) is 6.20 Å². The van der Waals surface area contributed by atoms with Crippen LogP contribution in [0.3, 0.4) is 0 Å². The monoisotopic (exact) mass is 473 g/mol. The molecule has 0 atom stereocenters. The molecule has 1 amide bonds. The van der Waals surface area contributed by atoms with Gasteiger partial charge >= 0.3 is 12.1 Å². The predicted molar refractivity (Wildman–Crippen MR) is 126 cm³/mol. The zero-order chi connectivity index (χ0) is 23.4. The smallest absolute Gasteiger partial charge is 0.407 e. The van der Waals surface area contributed by atoms with Crippen molar-refractivity contribution < 1.29 is 19.4 Å². The van der Waals surface area contributed by atoms with Gasteiger partial charge in [0.1, 0.15) is 11.0 Å². The van der Waals surface area contributed by atoms with Crippen LogP contribution < -0.4 is 10.2 Å². The molecule has 9 nitrogen and oxygen atoms in total. The van der Waals surface area contributed by atoms with E-state index in [4.69, 9.17) is 21.4 Å². The highest BCUT2D eigenvalue weighted by atomic mass is 35.5. The fourth-order valence-electron chi connectivity index (χ4n) is 4.48. The summed E-state index contributed by atoms with van der Waals surface area (Å²) in [5.41, 5.74) is 2.52. The number of hydrogen-bond donors (Lipinski definition) is 2. The van der Waals surface area contributed by atoms with Crippen molar-refractivity contribution in [3.8, 4) is 11.3 Å². The second-order valence-corrected chi connectivity index (χ2v) is 8.83. The van der Waals surface area contributed by atoms with E-state index >= 15 is 0 Å². The predicted octanol–water partition coefficient (Wildman–Crippen LogP) is 3.74. The summed E-state index contributed by atoms with van der Waals surface area (Å²) in [7, 11) is 1.44. The van der Waals surface area contributed by atoms with E-state index in [9.17, 15) is 9.59 Å². The summed E-state index contributed by atoms with van der Waals surface area (Å²) in [6.45, 7) is 2.07. The van der Waals surface area contributed by atoms with E-state index in [1.165, 1.54) is 12.0 Å². The number of hydrogen-bond acceptors (Lipinski definition) is 7. The Morgan fingerprint density at radius 2 is 1.85 bits per heavy atom. The number of aromatic nitrogens is 2. The second-order valence-electron chi connectivity index (χ2n) is 8.44. The van der Waals surface area contributed by atoms with Crippen LogP contribution in [-0.4, -0.2) is 71.4 Å². The minimum absolute atomic E-state index is 0.0164. The van der Waals surface area contributed by atoms with E-state index in [0.717, 1.165) is 48.4 Å². The number of piperazine rings is 1. The molecule has 0 aromatic carbocycles. The zero-order valence-electron chi connectivity index (χ0n) is 18.5. The average Bonchev–Trinajstić information content (AvgIpc) is 2.84. The van der Waals surface area contributed by atoms with E-state index < -0.39 is 6.09 Å². The van der Waals surface area contributed by atoms with Crippen LogP contribution >= 0.6 is 11.6 Å². The van der Waals surface area contributed by atoms with Gasteiger partial charge in [-0.25, -0.2) is 14.8 Å². The molecule has 3 heterocycles.